The number of benzene rings is 1. The molecule has 0 fully saturated rings. The fourth-order valence-electron chi connectivity index (χ4n) is 3.25. The third kappa shape index (κ3) is 4.66. The van der Waals surface area contributed by atoms with E-state index in [0.717, 1.165) is 52.1 Å². The lowest BCUT2D eigenvalue weighted by Crippen LogP contribution is -2.25. The first-order chi connectivity index (χ1) is 14.2. The zero-order valence-electron chi connectivity index (χ0n) is 16.3. The molecular formula is C23H22N4OS. The first-order valence-corrected chi connectivity index (χ1v) is 10.6. The summed E-state index contributed by atoms with van der Waals surface area (Å²) in [6.07, 6.45) is 6.35. The minimum atomic E-state index is -0.0657. The molecule has 0 saturated heterocycles. The minimum absolute atomic E-state index is 0.0657. The molecule has 0 radical (unpaired) electrons. The highest BCUT2D eigenvalue weighted by atomic mass is 32.1. The van der Waals surface area contributed by atoms with Crippen molar-refractivity contribution >= 4 is 28.1 Å². The lowest BCUT2D eigenvalue weighted by Gasteiger charge is -2.10. The summed E-state index contributed by atoms with van der Waals surface area (Å²) in [6.45, 7) is 2.66. The van der Waals surface area contributed by atoms with Gasteiger partial charge in [0.05, 0.1) is 21.8 Å². The number of carbonyl (C=O) groups is 1. The molecule has 1 N–H and O–H groups in total. The molecule has 1 amide bonds. The number of unbranched alkanes of at least 4 members (excludes halogenated alkanes) is 1. The molecule has 6 heteroatoms. The highest BCUT2D eigenvalue weighted by Crippen LogP contribution is 2.24. The Kier molecular flexibility index (Phi) is 5.91. The molecule has 0 aliphatic carbocycles. The van der Waals surface area contributed by atoms with Gasteiger partial charge < -0.3 is 5.32 Å². The van der Waals surface area contributed by atoms with Crippen LogP contribution in [0, 0.1) is 6.92 Å². The molecule has 146 valence electrons. The number of aromatic nitrogens is 3. The molecule has 0 unspecified atom stereocenters. The first kappa shape index (κ1) is 19.2. The van der Waals surface area contributed by atoms with Crippen molar-refractivity contribution in [3.05, 3.63) is 76.5 Å². The lowest BCUT2D eigenvalue weighted by atomic mass is 10.0. The van der Waals surface area contributed by atoms with E-state index in [1.807, 2.05) is 49.4 Å². The molecule has 0 aliphatic heterocycles. The number of thiazole rings is 1. The molecule has 0 aliphatic rings. The summed E-state index contributed by atoms with van der Waals surface area (Å²) < 4.78 is 0. The van der Waals surface area contributed by atoms with Crippen LogP contribution in [0.3, 0.4) is 0 Å². The van der Waals surface area contributed by atoms with Crippen LogP contribution in [0.15, 0.2) is 60.2 Å². The molecule has 4 rings (SSSR count). The second-order valence-corrected chi connectivity index (χ2v) is 7.85. The Morgan fingerprint density at radius 3 is 2.69 bits per heavy atom. The predicted molar refractivity (Wildman–Crippen MR) is 117 cm³/mol. The van der Waals surface area contributed by atoms with E-state index >= 15 is 0 Å². The maximum absolute atomic E-state index is 12.9. The molecule has 0 bridgehead atoms. The molecule has 3 heterocycles. The van der Waals surface area contributed by atoms with E-state index in [9.17, 15) is 4.79 Å². The topological polar surface area (TPSA) is 67.8 Å². The van der Waals surface area contributed by atoms with Crippen LogP contribution in [0.25, 0.3) is 22.2 Å². The Morgan fingerprint density at radius 1 is 1.07 bits per heavy atom. The van der Waals surface area contributed by atoms with Gasteiger partial charge in [-0.2, -0.15) is 0 Å². The number of amides is 1. The van der Waals surface area contributed by atoms with Crippen molar-refractivity contribution in [2.24, 2.45) is 0 Å². The maximum Gasteiger partial charge on any atom is 0.252 e. The van der Waals surface area contributed by atoms with E-state index in [2.05, 4.69) is 20.7 Å². The van der Waals surface area contributed by atoms with Gasteiger partial charge in [-0.15, -0.1) is 11.3 Å². The van der Waals surface area contributed by atoms with E-state index in [-0.39, 0.29) is 5.91 Å². The zero-order valence-corrected chi connectivity index (χ0v) is 17.1. The van der Waals surface area contributed by atoms with Crippen LogP contribution < -0.4 is 5.32 Å². The third-order valence-electron chi connectivity index (χ3n) is 4.71. The van der Waals surface area contributed by atoms with Gasteiger partial charge in [0.2, 0.25) is 0 Å². The van der Waals surface area contributed by atoms with Gasteiger partial charge in [0.25, 0.3) is 5.91 Å². The summed E-state index contributed by atoms with van der Waals surface area (Å²) in [7, 11) is 0. The zero-order chi connectivity index (χ0) is 20.1. The largest absolute Gasteiger partial charge is 0.352 e. The molecule has 0 saturated carbocycles. The fourth-order valence-corrected chi connectivity index (χ4v) is 4.07. The number of aryl methyl sites for hydroxylation is 2. The minimum Gasteiger partial charge on any atom is -0.352 e. The molecule has 29 heavy (non-hydrogen) atoms. The van der Waals surface area contributed by atoms with Crippen LogP contribution in [0.1, 0.15) is 33.9 Å². The van der Waals surface area contributed by atoms with Crippen LogP contribution in [-0.4, -0.2) is 27.4 Å². The number of fused-ring (bicyclic) bond motifs is 1. The Balaban J connectivity index is 1.46. The second kappa shape index (κ2) is 8.92. The summed E-state index contributed by atoms with van der Waals surface area (Å²) in [5.41, 5.74) is 4.26. The third-order valence-corrected chi connectivity index (χ3v) is 5.73. The van der Waals surface area contributed by atoms with Gasteiger partial charge in [-0.1, -0.05) is 18.2 Å². The fraction of sp³-hybridized carbons (Fsp3) is 0.217. The van der Waals surface area contributed by atoms with Crippen molar-refractivity contribution in [2.75, 3.05) is 6.54 Å². The highest BCUT2D eigenvalue weighted by Gasteiger charge is 2.13. The molecule has 3 aromatic heterocycles. The van der Waals surface area contributed by atoms with Crippen LogP contribution >= 0.6 is 11.3 Å². The van der Waals surface area contributed by atoms with Crippen LogP contribution in [0.5, 0.6) is 0 Å². The Bertz CT molecular complexity index is 1120. The molecule has 0 atom stereocenters. The number of para-hydroxylation sites is 1. The number of hydrogen-bond acceptors (Lipinski definition) is 5. The number of hydrogen-bond donors (Lipinski definition) is 1. The maximum atomic E-state index is 12.9. The summed E-state index contributed by atoms with van der Waals surface area (Å²) >= 11 is 1.70. The van der Waals surface area contributed by atoms with E-state index in [0.29, 0.717) is 12.1 Å². The summed E-state index contributed by atoms with van der Waals surface area (Å²) in [4.78, 5) is 26.2. The van der Waals surface area contributed by atoms with Gasteiger partial charge >= 0.3 is 0 Å². The molecule has 5 nitrogen and oxygen atoms in total. The molecule has 1 aromatic carbocycles. The SMILES string of the molecule is Cc1csc(CCCCNC(=O)c2cc(-c3ccncc3)nc3ccccc23)n1. The van der Waals surface area contributed by atoms with Crippen molar-refractivity contribution in [1.29, 1.82) is 0 Å². The number of nitrogens with one attached hydrogen (secondary N) is 1. The molecular weight excluding hydrogens is 380 g/mol. The monoisotopic (exact) mass is 402 g/mol. The molecule has 4 aromatic rings. The quantitative estimate of drug-likeness (QED) is 0.450. The van der Waals surface area contributed by atoms with E-state index in [1.165, 1.54) is 0 Å². The van der Waals surface area contributed by atoms with Crippen molar-refractivity contribution in [3.8, 4) is 11.3 Å². The van der Waals surface area contributed by atoms with Crippen LogP contribution in [0.4, 0.5) is 0 Å². The summed E-state index contributed by atoms with van der Waals surface area (Å²) in [5, 5.41) is 7.17. The van der Waals surface area contributed by atoms with Gasteiger partial charge in [-0.3, -0.25) is 9.78 Å². The van der Waals surface area contributed by atoms with Gasteiger partial charge in [-0.25, -0.2) is 9.97 Å². The van der Waals surface area contributed by atoms with Crippen LogP contribution in [0.2, 0.25) is 0 Å². The number of carbonyl (C=O) groups excluding carboxylic acids is 1. The standard InChI is InChI=1S/C23H22N4OS/c1-16-15-29-22(26-16)8-4-5-11-25-23(28)19-14-21(17-9-12-24-13-10-17)27-20-7-3-2-6-18(19)20/h2-3,6-7,9-10,12-15H,4-5,8,11H2,1H3,(H,25,28). The molecule has 0 spiro atoms. The van der Waals surface area contributed by atoms with Crippen molar-refractivity contribution in [3.63, 3.8) is 0 Å². The predicted octanol–water partition coefficient (Wildman–Crippen LogP) is 4.81. The average Bonchev–Trinajstić information content (AvgIpc) is 3.18. The Hall–Kier alpha value is -3.12. The number of pyridine rings is 2. The van der Waals surface area contributed by atoms with E-state index < -0.39 is 0 Å². The summed E-state index contributed by atoms with van der Waals surface area (Å²) in [6, 6.07) is 13.4. The van der Waals surface area contributed by atoms with Gasteiger partial charge in [0, 0.05) is 41.0 Å². The smallest absolute Gasteiger partial charge is 0.252 e. The van der Waals surface area contributed by atoms with Crippen molar-refractivity contribution in [1.82, 2.24) is 20.3 Å². The Morgan fingerprint density at radius 2 is 1.90 bits per heavy atom. The van der Waals surface area contributed by atoms with Crippen molar-refractivity contribution in [2.45, 2.75) is 26.2 Å². The Labute approximate surface area is 173 Å². The normalized spacial score (nSPS) is 10.9. The van der Waals surface area contributed by atoms with Crippen LogP contribution in [-0.2, 0) is 6.42 Å². The van der Waals surface area contributed by atoms with E-state index in [4.69, 9.17) is 4.98 Å². The lowest BCUT2D eigenvalue weighted by molar-refractivity contribution is 0.0954. The van der Waals surface area contributed by atoms with Gasteiger partial charge in [0.1, 0.15) is 0 Å². The average molecular weight is 403 g/mol. The second-order valence-electron chi connectivity index (χ2n) is 6.90. The number of nitrogens with zero attached hydrogens (tertiary/aromatic N) is 3. The van der Waals surface area contributed by atoms with Gasteiger partial charge in [-0.05, 0) is 50.5 Å². The van der Waals surface area contributed by atoms with Gasteiger partial charge in [0.15, 0.2) is 0 Å². The van der Waals surface area contributed by atoms with E-state index in [1.54, 1.807) is 23.7 Å². The van der Waals surface area contributed by atoms with Crippen molar-refractivity contribution < 1.29 is 4.79 Å². The first-order valence-electron chi connectivity index (χ1n) is 9.70. The highest BCUT2D eigenvalue weighted by molar-refractivity contribution is 7.09. The summed E-state index contributed by atoms with van der Waals surface area (Å²) in [5.74, 6) is -0.0657. The number of rotatable bonds is 7.